The van der Waals surface area contributed by atoms with Gasteiger partial charge in [0.1, 0.15) is 0 Å². The predicted molar refractivity (Wildman–Crippen MR) is 72.6 cm³/mol. The zero-order valence-corrected chi connectivity index (χ0v) is 12.0. The highest BCUT2D eigenvalue weighted by molar-refractivity contribution is 9.10. The monoisotopic (exact) mass is 323 g/mol. The average molecular weight is 325 g/mol. The van der Waals surface area contributed by atoms with Gasteiger partial charge in [0.05, 0.1) is 14.9 Å². The molecule has 16 heavy (non-hydrogen) atoms. The first-order valence-corrected chi connectivity index (χ1v) is 6.49. The molecule has 0 bridgehead atoms. The Morgan fingerprint density at radius 2 is 1.94 bits per heavy atom. The van der Waals surface area contributed by atoms with E-state index in [1.165, 1.54) is 0 Å². The van der Waals surface area contributed by atoms with Gasteiger partial charge in [-0.2, -0.15) is 0 Å². The van der Waals surface area contributed by atoms with Gasteiger partial charge in [-0.15, -0.1) is 0 Å². The van der Waals surface area contributed by atoms with E-state index in [0.717, 1.165) is 0 Å². The molecule has 88 valence electrons. The third-order valence-corrected chi connectivity index (χ3v) is 4.24. The first kappa shape index (κ1) is 13.8. The fraction of sp³-hybridized carbons (Fsp3) is 0.364. The molecule has 0 radical (unpaired) electrons. The van der Waals surface area contributed by atoms with Crippen LogP contribution >= 0.6 is 39.1 Å². The summed E-state index contributed by atoms with van der Waals surface area (Å²) in [6.45, 7) is 3.93. The van der Waals surface area contributed by atoms with Crippen LogP contribution in [-0.4, -0.2) is 10.7 Å². The van der Waals surface area contributed by atoms with Crippen molar-refractivity contribution in [2.24, 2.45) is 5.92 Å². The fourth-order valence-electron chi connectivity index (χ4n) is 1.09. The van der Waals surface area contributed by atoms with Crippen molar-refractivity contribution >= 4 is 50.7 Å². The van der Waals surface area contributed by atoms with E-state index >= 15 is 0 Å². The Bertz CT molecular complexity index is 396. The number of alkyl halides is 1. The van der Waals surface area contributed by atoms with Gasteiger partial charge in [-0.25, -0.2) is 0 Å². The Hall–Kier alpha value is -0.250. The standard InChI is InChI=1S/C11H12BrCl2NO/c1-6(2)10(12)11(16)15-7-3-4-8(13)9(14)5-7/h3-6,10H,1-2H3,(H,15,16)/t10-/m0/s1. The second-order valence-corrected chi connectivity index (χ2v) is 5.56. The van der Waals surface area contributed by atoms with Crippen LogP contribution < -0.4 is 5.32 Å². The highest BCUT2D eigenvalue weighted by Crippen LogP contribution is 2.25. The van der Waals surface area contributed by atoms with E-state index in [1.54, 1.807) is 18.2 Å². The molecule has 0 heterocycles. The van der Waals surface area contributed by atoms with Crippen molar-refractivity contribution in [1.29, 1.82) is 0 Å². The van der Waals surface area contributed by atoms with Crippen molar-refractivity contribution in [2.45, 2.75) is 18.7 Å². The van der Waals surface area contributed by atoms with Crippen molar-refractivity contribution < 1.29 is 4.79 Å². The number of amides is 1. The molecular weight excluding hydrogens is 313 g/mol. The van der Waals surface area contributed by atoms with Crippen LogP contribution in [0.15, 0.2) is 18.2 Å². The summed E-state index contributed by atoms with van der Waals surface area (Å²) < 4.78 is 0. The van der Waals surface area contributed by atoms with Gasteiger partial charge in [-0.05, 0) is 24.1 Å². The van der Waals surface area contributed by atoms with E-state index in [1.807, 2.05) is 13.8 Å². The molecule has 1 aromatic carbocycles. The van der Waals surface area contributed by atoms with Crippen LogP contribution in [0.25, 0.3) is 0 Å². The molecular formula is C11H12BrCl2NO. The third-order valence-electron chi connectivity index (χ3n) is 2.02. The Morgan fingerprint density at radius 1 is 1.31 bits per heavy atom. The summed E-state index contributed by atoms with van der Waals surface area (Å²) in [7, 11) is 0. The Balaban J connectivity index is 2.74. The maximum absolute atomic E-state index is 11.7. The molecule has 0 saturated heterocycles. The lowest BCUT2D eigenvalue weighted by Gasteiger charge is -2.14. The van der Waals surface area contributed by atoms with Gasteiger partial charge >= 0.3 is 0 Å². The minimum Gasteiger partial charge on any atom is -0.325 e. The summed E-state index contributed by atoms with van der Waals surface area (Å²) in [5, 5.41) is 3.66. The lowest BCUT2D eigenvalue weighted by Crippen LogP contribution is -2.26. The molecule has 5 heteroatoms. The molecule has 0 spiro atoms. The molecule has 1 N–H and O–H groups in total. The van der Waals surface area contributed by atoms with Crippen LogP contribution in [-0.2, 0) is 4.79 Å². The summed E-state index contributed by atoms with van der Waals surface area (Å²) >= 11 is 14.9. The van der Waals surface area contributed by atoms with E-state index in [4.69, 9.17) is 23.2 Å². The molecule has 0 aliphatic rings. The topological polar surface area (TPSA) is 29.1 Å². The summed E-state index contributed by atoms with van der Waals surface area (Å²) in [4.78, 5) is 11.5. The molecule has 1 rings (SSSR count). The number of rotatable bonds is 3. The Kier molecular flexibility index (Phi) is 5.09. The van der Waals surface area contributed by atoms with Gasteiger partial charge < -0.3 is 5.32 Å². The smallest absolute Gasteiger partial charge is 0.238 e. The number of anilines is 1. The molecule has 0 fully saturated rings. The van der Waals surface area contributed by atoms with Crippen molar-refractivity contribution in [3.8, 4) is 0 Å². The molecule has 0 aliphatic carbocycles. The number of carbonyl (C=O) groups is 1. The molecule has 1 amide bonds. The SMILES string of the molecule is CC(C)[C@H](Br)C(=O)Nc1ccc(Cl)c(Cl)c1. The number of carbonyl (C=O) groups excluding carboxylic acids is 1. The van der Waals surface area contributed by atoms with E-state index in [9.17, 15) is 4.79 Å². The van der Waals surface area contributed by atoms with Gasteiger partial charge in [-0.1, -0.05) is 53.0 Å². The van der Waals surface area contributed by atoms with Crippen LogP contribution in [0.3, 0.4) is 0 Å². The minimum atomic E-state index is -0.220. The average Bonchev–Trinajstić information content (AvgIpc) is 2.22. The van der Waals surface area contributed by atoms with Crippen LogP contribution in [0.2, 0.25) is 10.0 Å². The Labute approximate surface area is 113 Å². The largest absolute Gasteiger partial charge is 0.325 e. The molecule has 0 aliphatic heterocycles. The number of hydrogen-bond acceptors (Lipinski definition) is 1. The first-order valence-electron chi connectivity index (χ1n) is 4.82. The number of hydrogen-bond donors (Lipinski definition) is 1. The van der Waals surface area contributed by atoms with Crippen molar-refractivity contribution in [1.82, 2.24) is 0 Å². The van der Waals surface area contributed by atoms with Crippen LogP contribution in [0, 0.1) is 5.92 Å². The van der Waals surface area contributed by atoms with E-state index in [-0.39, 0.29) is 16.7 Å². The second kappa shape index (κ2) is 5.89. The van der Waals surface area contributed by atoms with Gasteiger partial charge in [0.25, 0.3) is 0 Å². The summed E-state index contributed by atoms with van der Waals surface area (Å²) in [6.07, 6.45) is 0. The van der Waals surface area contributed by atoms with Crippen molar-refractivity contribution in [3.05, 3.63) is 28.2 Å². The number of halogens is 3. The van der Waals surface area contributed by atoms with Crippen molar-refractivity contribution in [2.75, 3.05) is 5.32 Å². The highest BCUT2D eigenvalue weighted by atomic mass is 79.9. The van der Waals surface area contributed by atoms with Gasteiger partial charge in [0.15, 0.2) is 0 Å². The maximum atomic E-state index is 11.7. The molecule has 1 aromatic rings. The Morgan fingerprint density at radius 3 is 2.44 bits per heavy atom. The first-order chi connectivity index (χ1) is 7.41. The normalized spacial score (nSPS) is 12.6. The third kappa shape index (κ3) is 3.65. The molecule has 0 unspecified atom stereocenters. The van der Waals surface area contributed by atoms with E-state index < -0.39 is 0 Å². The minimum absolute atomic E-state index is 0.0895. The van der Waals surface area contributed by atoms with Crippen molar-refractivity contribution in [3.63, 3.8) is 0 Å². The van der Waals surface area contributed by atoms with E-state index in [0.29, 0.717) is 15.7 Å². The summed E-state index contributed by atoms with van der Waals surface area (Å²) in [5.74, 6) is 0.135. The van der Waals surface area contributed by atoms with Gasteiger partial charge in [-0.3, -0.25) is 4.79 Å². The van der Waals surface area contributed by atoms with Gasteiger partial charge in [0, 0.05) is 5.69 Å². The zero-order valence-electron chi connectivity index (χ0n) is 8.93. The quantitative estimate of drug-likeness (QED) is 0.823. The number of nitrogens with one attached hydrogen (secondary N) is 1. The second-order valence-electron chi connectivity index (χ2n) is 3.76. The predicted octanol–water partition coefficient (Wildman–Crippen LogP) is 4.35. The maximum Gasteiger partial charge on any atom is 0.238 e. The zero-order chi connectivity index (χ0) is 12.3. The van der Waals surface area contributed by atoms with E-state index in [2.05, 4.69) is 21.2 Å². The molecule has 1 atom stereocenters. The molecule has 0 aromatic heterocycles. The summed E-state index contributed by atoms with van der Waals surface area (Å²) in [5.41, 5.74) is 0.643. The van der Waals surface area contributed by atoms with Crippen LogP contribution in [0.5, 0.6) is 0 Å². The highest BCUT2D eigenvalue weighted by Gasteiger charge is 2.18. The van der Waals surface area contributed by atoms with Crippen LogP contribution in [0.4, 0.5) is 5.69 Å². The molecule has 0 saturated carbocycles. The van der Waals surface area contributed by atoms with Crippen LogP contribution in [0.1, 0.15) is 13.8 Å². The number of benzene rings is 1. The molecule has 2 nitrogen and oxygen atoms in total. The fourth-order valence-corrected chi connectivity index (χ4v) is 1.50. The lowest BCUT2D eigenvalue weighted by atomic mass is 10.1. The summed E-state index contributed by atoms with van der Waals surface area (Å²) in [6, 6.07) is 4.99. The lowest BCUT2D eigenvalue weighted by molar-refractivity contribution is -0.116. The van der Waals surface area contributed by atoms with Gasteiger partial charge in [0.2, 0.25) is 5.91 Å².